The van der Waals surface area contributed by atoms with E-state index in [1.807, 2.05) is 12.1 Å². The fourth-order valence-corrected chi connectivity index (χ4v) is 4.86. The molecule has 168 valence electrons. The van der Waals surface area contributed by atoms with Crippen molar-refractivity contribution in [3.63, 3.8) is 0 Å². The molecule has 1 aliphatic carbocycles. The maximum absolute atomic E-state index is 12.5. The molecule has 0 aromatic heterocycles. The molecule has 0 unspecified atom stereocenters. The van der Waals surface area contributed by atoms with Gasteiger partial charge in [-0.2, -0.15) is 0 Å². The van der Waals surface area contributed by atoms with Crippen molar-refractivity contribution < 1.29 is 19.1 Å². The highest BCUT2D eigenvalue weighted by molar-refractivity contribution is 5.97. The molecule has 1 spiro atoms. The summed E-state index contributed by atoms with van der Waals surface area (Å²) in [5.41, 5.74) is 1.91. The standard InChI is InChI=1S/C23H32N4O4/c28-20-16-27(12-11-24-20)21(29)18-3-1-17(2-4-18)15-25-22(30)26-19-5-7-23(8-6-19)9-13-31-14-10-23/h1-4,19H,5-16H2,(H,24,28)(H2,25,26,30). The molecule has 1 aromatic rings. The molecule has 4 amide bonds. The Hall–Kier alpha value is -2.61. The Bertz CT molecular complexity index is 794. The number of carbonyl (C=O) groups excluding carboxylic acids is 3. The van der Waals surface area contributed by atoms with Crippen LogP contribution in [0.3, 0.4) is 0 Å². The third kappa shape index (κ3) is 5.55. The van der Waals surface area contributed by atoms with Crippen LogP contribution in [-0.4, -0.2) is 61.6 Å². The number of hydrogen-bond acceptors (Lipinski definition) is 4. The zero-order valence-electron chi connectivity index (χ0n) is 18.0. The van der Waals surface area contributed by atoms with Crippen LogP contribution in [0.15, 0.2) is 24.3 Å². The first kappa shape index (κ1) is 21.6. The monoisotopic (exact) mass is 428 g/mol. The van der Waals surface area contributed by atoms with Crippen LogP contribution in [0, 0.1) is 5.41 Å². The largest absolute Gasteiger partial charge is 0.381 e. The van der Waals surface area contributed by atoms with Gasteiger partial charge >= 0.3 is 6.03 Å². The summed E-state index contributed by atoms with van der Waals surface area (Å²) >= 11 is 0. The Balaban J connectivity index is 1.20. The van der Waals surface area contributed by atoms with Crippen molar-refractivity contribution in [2.75, 3.05) is 32.8 Å². The van der Waals surface area contributed by atoms with Crippen LogP contribution < -0.4 is 16.0 Å². The highest BCUT2D eigenvalue weighted by Crippen LogP contribution is 2.44. The van der Waals surface area contributed by atoms with E-state index in [1.165, 1.54) is 0 Å². The Morgan fingerprint density at radius 2 is 1.81 bits per heavy atom. The van der Waals surface area contributed by atoms with Gasteiger partial charge in [0.2, 0.25) is 5.91 Å². The lowest BCUT2D eigenvalue weighted by Crippen LogP contribution is -2.49. The lowest BCUT2D eigenvalue weighted by atomic mass is 9.68. The van der Waals surface area contributed by atoms with Gasteiger partial charge in [-0.05, 0) is 61.6 Å². The lowest BCUT2D eigenvalue weighted by Gasteiger charge is -2.42. The number of ether oxygens (including phenoxy) is 1. The molecule has 2 saturated heterocycles. The van der Waals surface area contributed by atoms with Crippen molar-refractivity contribution in [3.05, 3.63) is 35.4 Å². The summed E-state index contributed by atoms with van der Waals surface area (Å²) in [6.07, 6.45) is 6.67. The molecule has 1 saturated carbocycles. The van der Waals surface area contributed by atoms with Crippen molar-refractivity contribution in [3.8, 4) is 0 Å². The molecule has 2 heterocycles. The molecule has 8 nitrogen and oxygen atoms in total. The van der Waals surface area contributed by atoms with Crippen molar-refractivity contribution in [2.45, 2.75) is 51.1 Å². The number of nitrogens with one attached hydrogen (secondary N) is 3. The Morgan fingerprint density at radius 1 is 1.10 bits per heavy atom. The predicted octanol–water partition coefficient (Wildman–Crippen LogP) is 1.80. The van der Waals surface area contributed by atoms with Gasteiger partial charge in [0.05, 0.1) is 6.54 Å². The molecule has 0 radical (unpaired) electrons. The smallest absolute Gasteiger partial charge is 0.315 e. The first-order valence-corrected chi connectivity index (χ1v) is 11.3. The normalized spacial score (nSPS) is 21.4. The van der Waals surface area contributed by atoms with E-state index in [4.69, 9.17) is 4.74 Å². The summed E-state index contributed by atoms with van der Waals surface area (Å²) in [4.78, 5) is 37.9. The number of nitrogens with zero attached hydrogens (tertiary/aromatic N) is 1. The summed E-state index contributed by atoms with van der Waals surface area (Å²) in [6, 6.07) is 7.26. The quantitative estimate of drug-likeness (QED) is 0.681. The van der Waals surface area contributed by atoms with Crippen molar-refractivity contribution >= 4 is 17.8 Å². The lowest BCUT2D eigenvalue weighted by molar-refractivity contribution is -0.123. The second-order valence-corrected chi connectivity index (χ2v) is 8.99. The maximum Gasteiger partial charge on any atom is 0.315 e. The van der Waals surface area contributed by atoms with Gasteiger partial charge in [0.1, 0.15) is 0 Å². The SMILES string of the molecule is O=C1CN(C(=O)c2ccc(CNC(=O)NC3CCC4(CCOCC4)CC3)cc2)CCN1. The average Bonchev–Trinajstić information content (AvgIpc) is 2.80. The first-order valence-electron chi connectivity index (χ1n) is 11.3. The van der Waals surface area contributed by atoms with Crippen molar-refractivity contribution in [1.29, 1.82) is 0 Å². The maximum atomic E-state index is 12.5. The second kappa shape index (κ2) is 9.68. The molecule has 3 N–H and O–H groups in total. The number of piperazine rings is 1. The van der Waals surface area contributed by atoms with Gasteiger partial charge in [-0.1, -0.05) is 12.1 Å². The van der Waals surface area contributed by atoms with Crippen LogP contribution >= 0.6 is 0 Å². The number of urea groups is 1. The van der Waals surface area contributed by atoms with E-state index in [2.05, 4.69) is 16.0 Å². The van der Waals surface area contributed by atoms with Gasteiger partial charge < -0.3 is 25.6 Å². The van der Waals surface area contributed by atoms with Crippen LogP contribution in [0.4, 0.5) is 4.79 Å². The summed E-state index contributed by atoms with van der Waals surface area (Å²) in [5, 5.41) is 8.74. The van der Waals surface area contributed by atoms with Crippen molar-refractivity contribution in [2.24, 2.45) is 5.41 Å². The minimum Gasteiger partial charge on any atom is -0.381 e. The molecule has 1 aromatic carbocycles. The van der Waals surface area contributed by atoms with Crippen LogP contribution in [0.1, 0.15) is 54.4 Å². The topological polar surface area (TPSA) is 99.8 Å². The number of hydrogen-bond donors (Lipinski definition) is 3. The molecule has 8 heteroatoms. The Labute approximate surface area is 183 Å². The van der Waals surface area contributed by atoms with Crippen LogP contribution in [0.25, 0.3) is 0 Å². The summed E-state index contributed by atoms with van der Waals surface area (Å²) < 4.78 is 5.50. The van der Waals surface area contributed by atoms with E-state index >= 15 is 0 Å². The number of benzene rings is 1. The third-order valence-corrected chi connectivity index (χ3v) is 6.91. The van der Waals surface area contributed by atoms with Crippen molar-refractivity contribution in [1.82, 2.24) is 20.9 Å². The highest BCUT2D eigenvalue weighted by Gasteiger charge is 2.36. The number of carbonyl (C=O) groups is 3. The molecule has 31 heavy (non-hydrogen) atoms. The third-order valence-electron chi connectivity index (χ3n) is 6.91. The predicted molar refractivity (Wildman–Crippen MR) is 115 cm³/mol. The number of rotatable bonds is 4. The summed E-state index contributed by atoms with van der Waals surface area (Å²) in [7, 11) is 0. The average molecular weight is 429 g/mol. The molecule has 0 bridgehead atoms. The minimum absolute atomic E-state index is 0.0956. The van der Waals surface area contributed by atoms with Crippen LogP contribution in [-0.2, 0) is 16.1 Å². The van der Waals surface area contributed by atoms with E-state index in [-0.39, 0.29) is 30.4 Å². The highest BCUT2D eigenvalue weighted by atomic mass is 16.5. The first-order chi connectivity index (χ1) is 15.0. The Morgan fingerprint density at radius 3 is 2.48 bits per heavy atom. The minimum atomic E-state index is -0.147. The molecular weight excluding hydrogens is 396 g/mol. The van der Waals surface area contributed by atoms with E-state index in [9.17, 15) is 14.4 Å². The molecule has 4 rings (SSSR count). The van der Waals surface area contributed by atoms with E-state index in [0.717, 1.165) is 57.3 Å². The van der Waals surface area contributed by atoms with E-state index < -0.39 is 0 Å². The zero-order valence-corrected chi connectivity index (χ0v) is 18.0. The van der Waals surface area contributed by atoms with Gasteiger partial charge in [-0.15, -0.1) is 0 Å². The molecule has 0 atom stereocenters. The van der Waals surface area contributed by atoms with Crippen LogP contribution in [0.5, 0.6) is 0 Å². The van der Waals surface area contributed by atoms with Gasteiger partial charge in [0, 0.05) is 44.5 Å². The van der Waals surface area contributed by atoms with Gasteiger partial charge in [-0.3, -0.25) is 9.59 Å². The van der Waals surface area contributed by atoms with Gasteiger partial charge in [0.25, 0.3) is 5.91 Å². The molecular formula is C23H32N4O4. The fourth-order valence-electron chi connectivity index (χ4n) is 4.86. The Kier molecular flexibility index (Phi) is 6.75. The summed E-state index contributed by atoms with van der Waals surface area (Å²) in [6.45, 7) is 3.24. The second-order valence-electron chi connectivity index (χ2n) is 8.99. The summed E-state index contributed by atoms with van der Waals surface area (Å²) in [5.74, 6) is -0.279. The fraction of sp³-hybridized carbons (Fsp3) is 0.609. The molecule has 2 aliphatic heterocycles. The molecule has 3 fully saturated rings. The van der Waals surface area contributed by atoms with E-state index in [0.29, 0.717) is 30.6 Å². The van der Waals surface area contributed by atoms with Gasteiger partial charge in [0.15, 0.2) is 0 Å². The van der Waals surface area contributed by atoms with E-state index in [1.54, 1.807) is 17.0 Å². The number of amides is 4. The zero-order chi connectivity index (χ0) is 21.7. The van der Waals surface area contributed by atoms with Crippen LogP contribution in [0.2, 0.25) is 0 Å². The van der Waals surface area contributed by atoms with Gasteiger partial charge in [-0.25, -0.2) is 4.79 Å². The molecule has 3 aliphatic rings.